The van der Waals surface area contributed by atoms with E-state index in [9.17, 15) is 35.5 Å². The van der Waals surface area contributed by atoms with Crippen molar-refractivity contribution in [1.29, 1.82) is 0 Å². The molecule has 0 saturated carbocycles. The number of carbonyl (C=O) groups is 1. The van der Waals surface area contributed by atoms with Gasteiger partial charge >= 0.3 is 12.4 Å². The van der Waals surface area contributed by atoms with Gasteiger partial charge in [0.2, 0.25) is 0 Å². The molecule has 158 valence electrons. The highest BCUT2D eigenvalue weighted by Gasteiger charge is 2.40. The van der Waals surface area contributed by atoms with Crippen LogP contribution in [0.1, 0.15) is 27.2 Å². The van der Waals surface area contributed by atoms with Crippen LogP contribution in [0.3, 0.4) is 0 Å². The zero-order valence-electron chi connectivity index (χ0n) is 14.9. The van der Waals surface area contributed by atoms with Gasteiger partial charge in [-0.05, 0) is 42.0 Å². The normalized spacial score (nSPS) is 12.1. The third-order valence-corrected chi connectivity index (χ3v) is 4.09. The molecule has 1 amide bonds. The van der Waals surface area contributed by atoms with Crippen LogP contribution in [0, 0.1) is 5.82 Å². The number of halogens is 7. The van der Waals surface area contributed by atoms with Gasteiger partial charge in [-0.25, -0.2) is 9.07 Å². The van der Waals surface area contributed by atoms with E-state index in [0.29, 0.717) is 10.9 Å². The van der Waals surface area contributed by atoms with Gasteiger partial charge in [-0.15, -0.1) is 0 Å². The predicted molar refractivity (Wildman–Crippen MR) is 91.1 cm³/mol. The Morgan fingerprint density at radius 2 is 1.50 bits per heavy atom. The van der Waals surface area contributed by atoms with Crippen LogP contribution in [-0.4, -0.2) is 15.7 Å². The van der Waals surface area contributed by atoms with Gasteiger partial charge in [0.25, 0.3) is 5.91 Å². The topological polar surface area (TPSA) is 46.9 Å². The molecule has 0 aliphatic carbocycles. The quantitative estimate of drug-likeness (QED) is 0.593. The first kappa shape index (κ1) is 21.3. The minimum atomic E-state index is -4.95. The van der Waals surface area contributed by atoms with Crippen molar-refractivity contribution in [3.8, 4) is 5.69 Å². The smallest absolute Gasteiger partial charge is 0.348 e. The maximum absolute atomic E-state index is 13.6. The van der Waals surface area contributed by atoms with E-state index in [0.717, 1.165) is 48.5 Å². The molecule has 0 spiro atoms. The molecule has 1 N–H and O–H groups in total. The molecule has 1 aromatic heterocycles. The van der Waals surface area contributed by atoms with E-state index >= 15 is 0 Å². The highest BCUT2D eigenvalue weighted by Crippen LogP contribution is 2.34. The largest absolute Gasteiger partial charge is 0.434 e. The minimum Gasteiger partial charge on any atom is -0.348 e. The lowest BCUT2D eigenvalue weighted by Gasteiger charge is -2.13. The lowest BCUT2D eigenvalue weighted by molar-refractivity contribution is -0.143. The molecule has 1 heterocycles. The molecule has 0 aliphatic rings. The number of hydrogen-bond acceptors (Lipinski definition) is 2. The second kappa shape index (κ2) is 7.81. The maximum atomic E-state index is 13.6. The van der Waals surface area contributed by atoms with Gasteiger partial charge in [-0.1, -0.05) is 12.1 Å². The highest BCUT2D eigenvalue weighted by molar-refractivity contribution is 5.95. The molecule has 0 saturated heterocycles. The zero-order valence-corrected chi connectivity index (χ0v) is 14.9. The molecule has 0 unspecified atom stereocenters. The van der Waals surface area contributed by atoms with Crippen molar-refractivity contribution in [2.45, 2.75) is 18.9 Å². The summed E-state index contributed by atoms with van der Waals surface area (Å²) in [6.07, 6.45) is -8.77. The van der Waals surface area contributed by atoms with E-state index in [-0.39, 0.29) is 17.8 Å². The van der Waals surface area contributed by atoms with Crippen LogP contribution in [0.2, 0.25) is 0 Å². The molecule has 0 aliphatic heterocycles. The number of rotatable bonds is 4. The number of benzene rings is 2. The van der Waals surface area contributed by atoms with Crippen molar-refractivity contribution in [1.82, 2.24) is 15.1 Å². The molecule has 0 radical (unpaired) electrons. The van der Waals surface area contributed by atoms with Gasteiger partial charge in [0.1, 0.15) is 5.82 Å². The fourth-order valence-electron chi connectivity index (χ4n) is 2.65. The number of aromatic nitrogens is 2. The van der Waals surface area contributed by atoms with Crippen molar-refractivity contribution in [2.24, 2.45) is 0 Å². The molecular formula is C19H12F7N3O. The maximum Gasteiger partial charge on any atom is 0.434 e. The van der Waals surface area contributed by atoms with Gasteiger partial charge in [0, 0.05) is 6.54 Å². The molecule has 11 heteroatoms. The monoisotopic (exact) mass is 431 g/mol. The van der Waals surface area contributed by atoms with Crippen molar-refractivity contribution >= 4 is 5.91 Å². The lowest BCUT2D eigenvalue weighted by Crippen LogP contribution is -2.26. The molecule has 0 fully saturated rings. The van der Waals surface area contributed by atoms with E-state index < -0.39 is 40.9 Å². The summed E-state index contributed by atoms with van der Waals surface area (Å²) in [6, 6.07) is 7.85. The van der Waals surface area contributed by atoms with Gasteiger partial charge in [0.05, 0.1) is 23.0 Å². The highest BCUT2D eigenvalue weighted by atomic mass is 19.4. The van der Waals surface area contributed by atoms with E-state index in [1.54, 1.807) is 0 Å². The van der Waals surface area contributed by atoms with Gasteiger partial charge in [-0.2, -0.15) is 31.4 Å². The zero-order chi connectivity index (χ0) is 22.1. The Labute approximate surface area is 164 Å². The average Bonchev–Trinajstić information content (AvgIpc) is 3.12. The molecule has 0 bridgehead atoms. The van der Waals surface area contributed by atoms with Crippen molar-refractivity contribution < 1.29 is 35.5 Å². The number of nitrogens with one attached hydrogen (secondary N) is 1. The Kier molecular flexibility index (Phi) is 5.55. The fourth-order valence-corrected chi connectivity index (χ4v) is 2.65. The summed E-state index contributed by atoms with van der Waals surface area (Å²) in [6.45, 7) is -0.296. The SMILES string of the molecule is O=C(NCc1ccc(C(F)(F)F)cc1)c1cnn(-c2ccc(F)cc2)c1C(F)(F)F. The van der Waals surface area contributed by atoms with E-state index in [4.69, 9.17) is 0 Å². The molecule has 2 aromatic carbocycles. The number of alkyl halides is 6. The number of carbonyl (C=O) groups excluding carboxylic acids is 1. The average molecular weight is 431 g/mol. The van der Waals surface area contributed by atoms with Gasteiger partial charge in [0.15, 0.2) is 5.69 Å². The summed E-state index contributed by atoms with van der Waals surface area (Å²) in [4.78, 5) is 12.3. The third kappa shape index (κ3) is 4.61. The summed E-state index contributed by atoms with van der Waals surface area (Å²) in [5.74, 6) is -1.77. The fraction of sp³-hybridized carbons (Fsp3) is 0.158. The van der Waals surface area contributed by atoms with Crippen molar-refractivity contribution in [3.63, 3.8) is 0 Å². The van der Waals surface area contributed by atoms with Gasteiger partial charge < -0.3 is 5.32 Å². The van der Waals surface area contributed by atoms with Crippen LogP contribution in [0.4, 0.5) is 30.7 Å². The Bertz CT molecular complexity index is 1040. The number of nitrogens with zero attached hydrogens (tertiary/aromatic N) is 2. The van der Waals surface area contributed by atoms with E-state index in [1.807, 2.05) is 0 Å². The minimum absolute atomic E-state index is 0.106. The molecule has 3 aromatic rings. The number of amides is 1. The van der Waals surface area contributed by atoms with Crippen LogP contribution in [-0.2, 0) is 18.9 Å². The molecular weight excluding hydrogens is 419 g/mol. The van der Waals surface area contributed by atoms with Gasteiger partial charge in [-0.3, -0.25) is 4.79 Å². The van der Waals surface area contributed by atoms with Crippen LogP contribution < -0.4 is 5.32 Å². The van der Waals surface area contributed by atoms with Crippen LogP contribution in [0.5, 0.6) is 0 Å². The van der Waals surface area contributed by atoms with E-state index in [1.165, 1.54) is 0 Å². The van der Waals surface area contributed by atoms with Crippen LogP contribution >= 0.6 is 0 Å². The second-order valence-electron chi connectivity index (χ2n) is 6.17. The molecule has 0 atom stereocenters. The van der Waals surface area contributed by atoms with E-state index in [2.05, 4.69) is 10.4 Å². The predicted octanol–water partition coefficient (Wildman–Crippen LogP) is 4.98. The summed E-state index contributed by atoms with van der Waals surface area (Å²) in [5, 5.41) is 5.81. The first-order chi connectivity index (χ1) is 14.0. The Hall–Kier alpha value is -3.37. The number of hydrogen-bond donors (Lipinski definition) is 1. The first-order valence-corrected chi connectivity index (χ1v) is 8.32. The summed E-state index contributed by atoms with van der Waals surface area (Å²) in [7, 11) is 0. The molecule has 30 heavy (non-hydrogen) atoms. The molecule has 4 nitrogen and oxygen atoms in total. The standard InChI is InChI=1S/C19H12F7N3O/c20-13-5-7-14(8-6-13)29-16(19(24,25)26)15(10-28-29)17(30)27-9-11-1-3-12(4-2-11)18(21,22)23/h1-8,10H,9H2,(H,27,30). The lowest BCUT2D eigenvalue weighted by atomic mass is 10.1. The summed E-state index contributed by atoms with van der Waals surface area (Å²) < 4.78 is 91.9. The van der Waals surface area contributed by atoms with Crippen LogP contribution in [0.15, 0.2) is 54.7 Å². The van der Waals surface area contributed by atoms with Crippen molar-refractivity contribution in [3.05, 3.63) is 82.9 Å². The van der Waals surface area contributed by atoms with Crippen molar-refractivity contribution in [2.75, 3.05) is 0 Å². The Morgan fingerprint density at radius 1 is 0.900 bits per heavy atom. The Morgan fingerprint density at radius 3 is 2.03 bits per heavy atom. The second-order valence-corrected chi connectivity index (χ2v) is 6.17. The Balaban J connectivity index is 1.83. The molecule has 3 rings (SSSR count). The van der Waals surface area contributed by atoms with Crippen LogP contribution in [0.25, 0.3) is 5.69 Å². The summed E-state index contributed by atoms with van der Waals surface area (Å²) in [5.41, 5.74) is -2.88. The summed E-state index contributed by atoms with van der Waals surface area (Å²) >= 11 is 0. The first-order valence-electron chi connectivity index (χ1n) is 8.32. The third-order valence-electron chi connectivity index (χ3n) is 4.09.